The minimum absolute atomic E-state index is 0.545. The number of aryl methyl sites for hydroxylation is 1. The molecule has 0 atom stereocenters. The smallest absolute Gasteiger partial charge is 0.297 e. The van der Waals surface area contributed by atoms with Crippen LogP contribution in [0, 0.1) is 0 Å². The summed E-state index contributed by atoms with van der Waals surface area (Å²) < 4.78 is 0. The second-order valence-corrected chi connectivity index (χ2v) is 5.15. The largest absolute Gasteiger partial charge is 0.437 e. The Morgan fingerprint density at radius 2 is 2.00 bits per heavy atom. The van der Waals surface area contributed by atoms with E-state index in [1.165, 1.54) is 5.56 Å². The van der Waals surface area contributed by atoms with Gasteiger partial charge in [-0.1, -0.05) is 47.1 Å². The maximum absolute atomic E-state index is 11.7. The van der Waals surface area contributed by atoms with Gasteiger partial charge in [-0.15, -0.1) is 0 Å². The van der Waals surface area contributed by atoms with E-state index in [4.69, 9.17) is 16.4 Å². The summed E-state index contributed by atoms with van der Waals surface area (Å²) in [6.45, 7) is 0. The Kier molecular flexibility index (Phi) is 3.88. The SMILES string of the molecule is O=C(Nc1cccc(Cl)c1)O/N=C1\CCc2ccccc21. The van der Waals surface area contributed by atoms with Crippen molar-refractivity contribution in [3.8, 4) is 0 Å². The van der Waals surface area contributed by atoms with Gasteiger partial charge in [0.15, 0.2) is 0 Å². The Bertz CT molecular complexity index is 713. The van der Waals surface area contributed by atoms with Crippen molar-refractivity contribution in [1.82, 2.24) is 0 Å². The van der Waals surface area contributed by atoms with Crippen molar-refractivity contribution in [2.45, 2.75) is 12.8 Å². The molecule has 3 rings (SSSR count). The predicted molar refractivity (Wildman–Crippen MR) is 82.9 cm³/mol. The molecule has 1 amide bonds. The fourth-order valence-corrected chi connectivity index (χ4v) is 2.50. The van der Waals surface area contributed by atoms with Gasteiger partial charge >= 0.3 is 6.09 Å². The van der Waals surface area contributed by atoms with Crippen molar-refractivity contribution in [2.24, 2.45) is 5.16 Å². The molecule has 0 bridgehead atoms. The van der Waals surface area contributed by atoms with Crippen LogP contribution in [0.4, 0.5) is 10.5 Å². The molecule has 0 radical (unpaired) electrons. The third-order valence-electron chi connectivity index (χ3n) is 3.27. The van der Waals surface area contributed by atoms with Crippen LogP contribution in [0.25, 0.3) is 0 Å². The number of fused-ring (bicyclic) bond motifs is 1. The average Bonchev–Trinajstić information content (AvgIpc) is 2.88. The molecular formula is C16H13ClN2O2. The van der Waals surface area contributed by atoms with Crippen LogP contribution in [-0.4, -0.2) is 11.8 Å². The number of hydrogen-bond acceptors (Lipinski definition) is 3. The summed E-state index contributed by atoms with van der Waals surface area (Å²) in [7, 11) is 0. The molecule has 0 heterocycles. The molecule has 0 saturated carbocycles. The fraction of sp³-hybridized carbons (Fsp3) is 0.125. The number of rotatable bonds is 2. The molecular weight excluding hydrogens is 288 g/mol. The summed E-state index contributed by atoms with van der Waals surface area (Å²) in [6.07, 6.45) is 1.08. The zero-order valence-corrected chi connectivity index (χ0v) is 11.9. The molecule has 0 saturated heterocycles. The summed E-state index contributed by atoms with van der Waals surface area (Å²) in [5.74, 6) is 0. The number of oxime groups is 1. The second-order valence-electron chi connectivity index (χ2n) is 4.71. The first-order valence-corrected chi connectivity index (χ1v) is 6.99. The topological polar surface area (TPSA) is 50.7 Å². The number of amides is 1. The number of hydrogen-bond donors (Lipinski definition) is 1. The normalized spacial score (nSPS) is 14.8. The highest BCUT2D eigenvalue weighted by Gasteiger charge is 2.18. The Morgan fingerprint density at radius 3 is 2.86 bits per heavy atom. The van der Waals surface area contributed by atoms with E-state index < -0.39 is 6.09 Å². The van der Waals surface area contributed by atoms with Crippen LogP contribution in [0.3, 0.4) is 0 Å². The van der Waals surface area contributed by atoms with Crippen molar-refractivity contribution in [1.29, 1.82) is 0 Å². The predicted octanol–water partition coefficient (Wildman–Crippen LogP) is 4.24. The third-order valence-corrected chi connectivity index (χ3v) is 3.50. The molecule has 0 aliphatic heterocycles. The van der Waals surface area contributed by atoms with Crippen molar-refractivity contribution < 1.29 is 9.63 Å². The number of carbonyl (C=O) groups excluding carboxylic acids is 1. The highest BCUT2D eigenvalue weighted by atomic mass is 35.5. The molecule has 1 aliphatic carbocycles. The fourth-order valence-electron chi connectivity index (χ4n) is 2.31. The van der Waals surface area contributed by atoms with Crippen LogP contribution in [0.2, 0.25) is 5.02 Å². The first kappa shape index (κ1) is 13.6. The average molecular weight is 301 g/mol. The van der Waals surface area contributed by atoms with Crippen LogP contribution in [0.15, 0.2) is 53.7 Å². The number of anilines is 1. The van der Waals surface area contributed by atoms with E-state index in [1.807, 2.05) is 18.2 Å². The monoisotopic (exact) mass is 300 g/mol. The lowest BCUT2D eigenvalue weighted by Gasteiger charge is -2.04. The van der Waals surface area contributed by atoms with Gasteiger partial charge in [-0.2, -0.15) is 0 Å². The van der Waals surface area contributed by atoms with E-state index in [0.717, 1.165) is 24.1 Å². The minimum atomic E-state index is -0.630. The molecule has 1 aliphatic rings. The van der Waals surface area contributed by atoms with Crippen LogP contribution in [0.5, 0.6) is 0 Å². The van der Waals surface area contributed by atoms with E-state index in [0.29, 0.717) is 10.7 Å². The van der Waals surface area contributed by atoms with E-state index in [2.05, 4.69) is 16.5 Å². The molecule has 4 nitrogen and oxygen atoms in total. The number of benzene rings is 2. The summed E-state index contributed by atoms with van der Waals surface area (Å²) in [5, 5.41) is 7.08. The molecule has 1 N–H and O–H groups in total. The van der Waals surface area contributed by atoms with E-state index >= 15 is 0 Å². The van der Waals surface area contributed by atoms with Gasteiger partial charge in [0.05, 0.1) is 5.71 Å². The van der Waals surface area contributed by atoms with Gasteiger partial charge in [-0.25, -0.2) is 4.79 Å². The first-order valence-electron chi connectivity index (χ1n) is 6.61. The minimum Gasteiger partial charge on any atom is -0.297 e. The molecule has 0 fully saturated rings. The molecule has 0 spiro atoms. The number of nitrogens with one attached hydrogen (secondary N) is 1. The number of halogens is 1. The molecule has 21 heavy (non-hydrogen) atoms. The van der Waals surface area contributed by atoms with E-state index in [-0.39, 0.29) is 0 Å². The third kappa shape index (κ3) is 3.23. The molecule has 106 valence electrons. The van der Waals surface area contributed by atoms with Gasteiger partial charge in [-0.3, -0.25) is 10.2 Å². The van der Waals surface area contributed by atoms with Crippen molar-refractivity contribution in [3.63, 3.8) is 0 Å². The summed E-state index contributed by atoms with van der Waals surface area (Å²) >= 11 is 5.85. The molecule has 0 unspecified atom stereocenters. The summed E-state index contributed by atoms with van der Waals surface area (Å²) in [5.41, 5.74) is 3.65. The van der Waals surface area contributed by atoms with Crippen molar-refractivity contribution >= 4 is 29.1 Å². The van der Waals surface area contributed by atoms with Gasteiger partial charge in [0, 0.05) is 16.3 Å². The maximum Gasteiger partial charge on any atom is 0.437 e. The Hall–Kier alpha value is -2.33. The zero-order valence-electron chi connectivity index (χ0n) is 11.2. The van der Waals surface area contributed by atoms with Crippen LogP contribution in [-0.2, 0) is 11.3 Å². The summed E-state index contributed by atoms with van der Waals surface area (Å²) in [4.78, 5) is 16.6. The first-order chi connectivity index (χ1) is 10.2. The van der Waals surface area contributed by atoms with Gasteiger partial charge in [0.25, 0.3) is 0 Å². The van der Waals surface area contributed by atoms with Gasteiger partial charge in [-0.05, 0) is 36.6 Å². The highest BCUT2D eigenvalue weighted by molar-refractivity contribution is 6.30. The quantitative estimate of drug-likeness (QED) is 0.666. The standard InChI is InChI=1S/C16H13ClN2O2/c17-12-5-3-6-13(10-12)18-16(20)21-19-15-9-8-11-4-1-2-7-14(11)15/h1-7,10H,8-9H2,(H,18,20)/b19-15+. The van der Waals surface area contributed by atoms with Crippen LogP contribution >= 0.6 is 11.6 Å². The Balaban J connectivity index is 1.65. The molecule has 5 heteroatoms. The zero-order chi connectivity index (χ0) is 14.7. The van der Waals surface area contributed by atoms with E-state index in [9.17, 15) is 4.79 Å². The van der Waals surface area contributed by atoms with Gasteiger partial charge < -0.3 is 0 Å². The molecule has 0 aromatic heterocycles. The van der Waals surface area contributed by atoms with Crippen LogP contribution in [0.1, 0.15) is 17.5 Å². The summed E-state index contributed by atoms with van der Waals surface area (Å²) in [6, 6.07) is 14.8. The van der Waals surface area contributed by atoms with Crippen molar-refractivity contribution in [2.75, 3.05) is 5.32 Å². The molecule has 2 aromatic carbocycles. The highest BCUT2D eigenvalue weighted by Crippen LogP contribution is 2.22. The Morgan fingerprint density at radius 1 is 1.14 bits per heavy atom. The van der Waals surface area contributed by atoms with Crippen molar-refractivity contribution in [3.05, 3.63) is 64.7 Å². The number of carbonyl (C=O) groups is 1. The Labute approximate surface area is 127 Å². The lowest BCUT2D eigenvalue weighted by atomic mass is 10.1. The second kappa shape index (κ2) is 5.97. The lowest BCUT2D eigenvalue weighted by molar-refractivity contribution is 0.166. The molecule has 2 aromatic rings. The number of nitrogens with zero attached hydrogens (tertiary/aromatic N) is 1. The van der Waals surface area contributed by atoms with E-state index in [1.54, 1.807) is 24.3 Å². The van der Waals surface area contributed by atoms with Crippen LogP contribution < -0.4 is 5.32 Å². The van der Waals surface area contributed by atoms with Gasteiger partial charge in [0.1, 0.15) is 0 Å². The van der Waals surface area contributed by atoms with Gasteiger partial charge in [0.2, 0.25) is 0 Å². The lowest BCUT2D eigenvalue weighted by Crippen LogP contribution is -2.12. The maximum atomic E-state index is 11.7.